The summed E-state index contributed by atoms with van der Waals surface area (Å²) in [7, 11) is 0. The highest BCUT2D eigenvalue weighted by atomic mass is 79.9. The van der Waals surface area contributed by atoms with Crippen LogP contribution in [-0.2, 0) is 4.79 Å². The van der Waals surface area contributed by atoms with Crippen molar-refractivity contribution in [1.29, 1.82) is 5.26 Å². The van der Waals surface area contributed by atoms with Crippen molar-refractivity contribution < 1.29 is 19.0 Å². The Morgan fingerprint density at radius 1 is 1.12 bits per heavy atom. The molecule has 3 aromatic rings. The minimum atomic E-state index is -0.577. The molecule has 1 aliphatic heterocycles. The summed E-state index contributed by atoms with van der Waals surface area (Å²) in [5, 5.41) is 10.3. The molecule has 0 fully saturated rings. The van der Waals surface area contributed by atoms with Crippen molar-refractivity contribution in [2.24, 2.45) is 5.73 Å². The number of ether oxygens (including phenoxy) is 3. The van der Waals surface area contributed by atoms with Gasteiger partial charge in [-0.15, -0.1) is 0 Å². The fourth-order valence-corrected chi connectivity index (χ4v) is 4.16. The number of hydrogen-bond donors (Lipinski definition) is 1. The van der Waals surface area contributed by atoms with Crippen molar-refractivity contribution in [3.63, 3.8) is 0 Å². The van der Waals surface area contributed by atoms with Gasteiger partial charge < -0.3 is 19.9 Å². The van der Waals surface area contributed by atoms with E-state index in [1.54, 1.807) is 30.3 Å². The number of allylic oxidation sites excluding steroid dienone is 1. The molecular weight excluding hydrogens is 520 g/mol. The van der Waals surface area contributed by atoms with Gasteiger partial charge in [-0.2, -0.15) is 5.26 Å². The maximum absolute atomic E-state index is 12.4. The lowest BCUT2D eigenvalue weighted by atomic mass is 9.83. The summed E-state index contributed by atoms with van der Waals surface area (Å²) in [6, 6.07) is 18.3. The van der Waals surface area contributed by atoms with E-state index in [1.807, 2.05) is 38.1 Å². The number of carbonyl (C=O) groups excluding carboxylic acids is 1. The van der Waals surface area contributed by atoms with Crippen LogP contribution >= 0.6 is 27.5 Å². The smallest absolute Gasteiger partial charge is 0.349 e. The largest absolute Gasteiger partial charge is 0.482 e. The van der Waals surface area contributed by atoms with E-state index in [2.05, 4.69) is 22.0 Å². The molecule has 0 aromatic heterocycles. The number of rotatable bonds is 5. The Bertz CT molecular complexity index is 1320. The molecule has 0 spiro atoms. The van der Waals surface area contributed by atoms with Crippen molar-refractivity contribution in [3.8, 4) is 23.3 Å². The van der Waals surface area contributed by atoms with Gasteiger partial charge in [0, 0.05) is 21.1 Å². The first kappa shape index (κ1) is 23.7. The molecule has 0 bridgehead atoms. The molecule has 1 unspecified atom stereocenters. The van der Waals surface area contributed by atoms with Gasteiger partial charge in [-0.1, -0.05) is 45.7 Å². The molecule has 0 aliphatic carbocycles. The predicted molar refractivity (Wildman–Crippen MR) is 132 cm³/mol. The molecule has 34 heavy (non-hydrogen) atoms. The molecule has 0 saturated heterocycles. The Hall–Kier alpha value is -3.47. The summed E-state index contributed by atoms with van der Waals surface area (Å²) in [4.78, 5) is 12.4. The van der Waals surface area contributed by atoms with Crippen LogP contribution in [-0.4, -0.2) is 12.6 Å². The van der Waals surface area contributed by atoms with E-state index in [4.69, 9.17) is 31.5 Å². The second-order valence-corrected chi connectivity index (χ2v) is 9.10. The van der Waals surface area contributed by atoms with Crippen LogP contribution in [0.15, 0.2) is 70.5 Å². The average molecular weight is 540 g/mol. The average Bonchev–Trinajstić information content (AvgIpc) is 2.80. The lowest BCUT2D eigenvalue weighted by molar-refractivity contribution is -0.136. The van der Waals surface area contributed by atoms with Crippen LogP contribution < -0.4 is 19.9 Å². The van der Waals surface area contributed by atoms with Gasteiger partial charge in [-0.3, -0.25) is 0 Å². The predicted octanol–water partition coefficient (Wildman–Crippen LogP) is 5.92. The second-order valence-electron chi connectivity index (χ2n) is 7.81. The highest BCUT2D eigenvalue weighted by molar-refractivity contribution is 9.10. The Morgan fingerprint density at radius 2 is 1.79 bits per heavy atom. The molecule has 1 heterocycles. The third kappa shape index (κ3) is 4.89. The molecular formula is C26H20BrClN2O4. The summed E-state index contributed by atoms with van der Waals surface area (Å²) in [6.07, 6.45) is 0. The van der Waals surface area contributed by atoms with Crippen molar-refractivity contribution in [2.75, 3.05) is 6.61 Å². The third-order valence-corrected chi connectivity index (χ3v) is 6.52. The molecule has 0 saturated carbocycles. The molecule has 172 valence electrons. The zero-order valence-electron chi connectivity index (χ0n) is 18.4. The number of nitrogens with zero attached hydrogens (tertiary/aromatic N) is 1. The topological polar surface area (TPSA) is 94.6 Å². The first-order valence-electron chi connectivity index (χ1n) is 10.3. The van der Waals surface area contributed by atoms with Crippen LogP contribution in [0.1, 0.15) is 28.2 Å². The number of nitriles is 1. The Kier molecular flexibility index (Phi) is 6.82. The lowest BCUT2D eigenvalue weighted by Crippen LogP contribution is -2.21. The fraction of sp³-hybridized carbons (Fsp3) is 0.154. The number of benzene rings is 3. The first-order valence-corrected chi connectivity index (χ1v) is 11.5. The summed E-state index contributed by atoms with van der Waals surface area (Å²) in [5.74, 6) is 0.267. The second kappa shape index (κ2) is 9.80. The number of nitrogens with two attached hydrogens (primary N) is 1. The van der Waals surface area contributed by atoms with Gasteiger partial charge in [0.05, 0.1) is 5.92 Å². The number of fused-ring (bicyclic) bond motifs is 1. The van der Waals surface area contributed by atoms with Crippen LogP contribution in [0.2, 0.25) is 5.02 Å². The summed E-state index contributed by atoms with van der Waals surface area (Å²) in [6.45, 7) is 3.46. The van der Waals surface area contributed by atoms with E-state index >= 15 is 0 Å². The van der Waals surface area contributed by atoms with E-state index in [0.29, 0.717) is 22.1 Å². The van der Waals surface area contributed by atoms with Crippen molar-refractivity contribution >= 4 is 33.5 Å². The minimum absolute atomic E-state index is 0.0169. The zero-order valence-corrected chi connectivity index (χ0v) is 20.7. The highest BCUT2D eigenvalue weighted by Gasteiger charge is 2.31. The zero-order chi connectivity index (χ0) is 24.4. The number of aryl methyl sites for hydroxylation is 2. The maximum atomic E-state index is 12.4. The lowest BCUT2D eigenvalue weighted by Gasteiger charge is -2.26. The molecule has 6 nitrogen and oxygen atoms in total. The van der Waals surface area contributed by atoms with Crippen LogP contribution in [0, 0.1) is 25.2 Å². The van der Waals surface area contributed by atoms with Crippen LogP contribution in [0.4, 0.5) is 0 Å². The molecule has 4 rings (SSSR count). The van der Waals surface area contributed by atoms with Gasteiger partial charge in [0.25, 0.3) is 0 Å². The molecule has 3 aromatic carbocycles. The number of hydrogen-bond acceptors (Lipinski definition) is 6. The molecule has 0 radical (unpaired) electrons. The van der Waals surface area contributed by atoms with E-state index < -0.39 is 11.9 Å². The summed E-state index contributed by atoms with van der Waals surface area (Å²) < 4.78 is 17.6. The molecule has 1 atom stereocenters. The van der Waals surface area contributed by atoms with Crippen LogP contribution in [0.5, 0.6) is 17.2 Å². The van der Waals surface area contributed by atoms with E-state index in [9.17, 15) is 10.1 Å². The normalized spacial score (nSPS) is 14.6. The molecule has 8 heteroatoms. The summed E-state index contributed by atoms with van der Waals surface area (Å²) >= 11 is 9.60. The monoisotopic (exact) mass is 538 g/mol. The van der Waals surface area contributed by atoms with Gasteiger partial charge in [0.15, 0.2) is 6.61 Å². The molecule has 1 aliphatic rings. The quantitative estimate of drug-likeness (QED) is 0.319. The minimum Gasteiger partial charge on any atom is -0.482 e. The number of carbonyl (C=O) groups is 1. The number of esters is 1. The Balaban J connectivity index is 1.52. The Labute approximate surface area is 210 Å². The van der Waals surface area contributed by atoms with E-state index in [-0.39, 0.29) is 18.2 Å². The van der Waals surface area contributed by atoms with Crippen LogP contribution in [0.25, 0.3) is 0 Å². The van der Waals surface area contributed by atoms with Gasteiger partial charge in [0.1, 0.15) is 28.9 Å². The van der Waals surface area contributed by atoms with Gasteiger partial charge in [0.2, 0.25) is 5.88 Å². The summed E-state index contributed by atoms with van der Waals surface area (Å²) in [5.41, 5.74) is 9.73. The van der Waals surface area contributed by atoms with Crippen molar-refractivity contribution in [2.45, 2.75) is 19.8 Å². The van der Waals surface area contributed by atoms with E-state index in [0.717, 1.165) is 26.7 Å². The molecule has 0 amide bonds. The highest BCUT2D eigenvalue weighted by Crippen LogP contribution is 2.43. The van der Waals surface area contributed by atoms with Crippen molar-refractivity contribution in [1.82, 2.24) is 0 Å². The fourth-order valence-electron chi connectivity index (χ4n) is 3.79. The van der Waals surface area contributed by atoms with Gasteiger partial charge in [-0.25, -0.2) is 4.79 Å². The van der Waals surface area contributed by atoms with Crippen molar-refractivity contribution in [3.05, 3.63) is 97.8 Å². The molecule has 2 N–H and O–H groups in total. The van der Waals surface area contributed by atoms with Gasteiger partial charge in [-0.05, 0) is 60.9 Å². The van der Waals surface area contributed by atoms with Crippen LogP contribution in [0.3, 0.4) is 0 Å². The third-order valence-electron chi connectivity index (χ3n) is 5.39. The number of halogens is 2. The first-order chi connectivity index (χ1) is 16.3. The van der Waals surface area contributed by atoms with E-state index in [1.165, 1.54) is 0 Å². The SMILES string of the molecule is Cc1cc(OCC(=O)Oc2ccc3c(c2)OC(N)=C(C#N)C3c2ccc(Br)cc2)cc(C)c1Cl. The maximum Gasteiger partial charge on any atom is 0.349 e. The standard InChI is InChI=1S/C26H20BrClN2O4/c1-14-9-19(10-15(2)25(14)28)32-13-23(31)33-18-7-8-20-22(11-18)34-26(30)21(12-29)24(20)16-3-5-17(27)6-4-16/h3-11,24H,13,30H2,1-2H3. The van der Waals surface area contributed by atoms with Gasteiger partial charge >= 0.3 is 5.97 Å². The Morgan fingerprint density at radius 3 is 2.44 bits per heavy atom.